The summed E-state index contributed by atoms with van der Waals surface area (Å²) < 4.78 is 4.58. The summed E-state index contributed by atoms with van der Waals surface area (Å²) in [5, 5.41) is 0. The van der Waals surface area contributed by atoms with E-state index in [1.165, 1.54) is 7.11 Å². The van der Waals surface area contributed by atoms with Crippen molar-refractivity contribution in [1.29, 1.82) is 0 Å². The fourth-order valence-electron chi connectivity index (χ4n) is 1.40. The molecule has 0 unspecified atom stereocenters. The largest absolute Gasteiger partial charge is 0.465 e. The van der Waals surface area contributed by atoms with Crippen LogP contribution < -0.4 is 11.5 Å². The summed E-state index contributed by atoms with van der Waals surface area (Å²) in [4.78, 5) is 23.2. The van der Waals surface area contributed by atoms with Gasteiger partial charge in [0, 0.05) is 17.7 Å². The van der Waals surface area contributed by atoms with Crippen molar-refractivity contribution in [1.82, 2.24) is 0 Å². The highest BCUT2D eigenvalue weighted by Gasteiger charge is 2.19. The van der Waals surface area contributed by atoms with Gasteiger partial charge in [0.2, 0.25) is 0 Å². The number of nitrogens with two attached hydrogens (primary N) is 2. The van der Waals surface area contributed by atoms with Gasteiger partial charge in [0.1, 0.15) is 0 Å². The number of carbonyl (C=O) groups excluding carboxylic acids is 2. The zero-order chi connectivity index (χ0) is 12.1. The standard InChI is InChI=1S/C11H14N2O3/c1-16-11(15)10-7(9(14)5-6-12)3-2-4-8(10)13/h2-4H,5-6,12-13H2,1H3. The lowest BCUT2D eigenvalue weighted by Gasteiger charge is -2.08. The minimum atomic E-state index is -0.613. The van der Waals surface area contributed by atoms with Gasteiger partial charge in [-0.3, -0.25) is 4.79 Å². The SMILES string of the molecule is COC(=O)c1c(N)cccc1C(=O)CCN. The molecule has 5 heteroatoms. The Balaban J connectivity index is 3.22. The Bertz CT molecular complexity index is 416. The molecule has 4 N–H and O–H groups in total. The number of methoxy groups -OCH3 is 1. The van der Waals surface area contributed by atoms with Crippen molar-refractivity contribution >= 4 is 17.4 Å². The molecule has 1 aromatic carbocycles. The van der Waals surface area contributed by atoms with E-state index in [-0.39, 0.29) is 35.6 Å². The number of ketones is 1. The number of hydrogen-bond donors (Lipinski definition) is 2. The average molecular weight is 222 g/mol. The van der Waals surface area contributed by atoms with Crippen molar-refractivity contribution in [3.05, 3.63) is 29.3 Å². The second kappa shape index (κ2) is 5.27. The third-order valence-corrected chi connectivity index (χ3v) is 2.16. The number of anilines is 1. The van der Waals surface area contributed by atoms with Crippen LogP contribution >= 0.6 is 0 Å². The molecule has 0 fully saturated rings. The highest BCUT2D eigenvalue weighted by molar-refractivity contribution is 6.09. The van der Waals surface area contributed by atoms with E-state index in [1.807, 2.05) is 0 Å². The third-order valence-electron chi connectivity index (χ3n) is 2.16. The summed E-state index contributed by atoms with van der Waals surface area (Å²) >= 11 is 0. The third kappa shape index (κ3) is 2.38. The van der Waals surface area contributed by atoms with Crippen LogP contribution in [0.3, 0.4) is 0 Å². The van der Waals surface area contributed by atoms with Gasteiger partial charge in [-0.25, -0.2) is 4.79 Å². The number of carbonyl (C=O) groups is 2. The van der Waals surface area contributed by atoms with Gasteiger partial charge in [-0.05, 0) is 12.6 Å². The van der Waals surface area contributed by atoms with Gasteiger partial charge < -0.3 is 16.2 Å². The van der Waals surface area contributed by atoms with Crippen molar-refractivity contribution in [2.75, 3.05) is 19.4 Å². The number of benzene rings is 1. The lowest BCUT2D eigenvalue weighted by Crippen LogP contribution is -2.15. The van der Waals surface area contributed by atoms with Gasteiger partial charge in [-0.2, -0.15) is 0 Å². The topological polar surface area (TPSA) is 95.4 Å². The first kappa shape index (κ1) is 12.2. The van der Waals surface area contributed by atoms with Crippen molar-refractivity contribution in [2.45, 2.75) is 6.42 Å². The summed E-state index contributed by atoms with van der Waals surface area (Å²) in [5.41, 5.74) is 11.5. The first-order valence-corrected chi connectivity index (χ1v) is 4.82. The smallest absolute Gasteiger partial charge is 0.340 e. The molecule has 0 aliphatic heterocycles. The Labute approximate surface area is 93.4 Å². The van der Waals surface area contributed by atoms with Crippen molar-refractivity contribution in [2.24, 2.45) is 5.73 Å². The zero-order valence-electron chi connectivity index (χ0n) is 9.03. The van der Waals surface area contributed by atoms with Gasteiger partial charge in [0.05, 0.1) is 12.7 Å². The molecule has 86 valence electrons. The Morgan fingerprint density at radius 1 is 1.38 bits per heavy atom. The maximum Gasteiger partial charge on any atom is 0.340 e. The van der Waals surface area contributed by atoms with E-state index in [2.05, 4.69) is 4.74 Å². The highest BCUT2D eigenvalue weighted by atomic mass is 16.5. The molecular formula is C11H14N2O3. The van der Waals surface area contributed by atoms with Crippen molar-refractivity contribution < 1.29 is 14.3 Å². The summed E-state index contributed by atoms with van der Waals surface area (Å²) in [7, 11) is 1.24. The molecule has 0 saturated heterocycles. The summed E-state index contributed by atoms with van der Waals surface area (Å²) in [5.74, 6) is -0.825. The zero-order valence-corrected chi connectivity index (χ0v) is 9.03. The average Bonchev–Trinajstić information content (AvgIpc) is 2.28. The molecular weight excluding hydrogens is 208 g/mol. The van der Waals surface area contributed by atoms with Crippen molar-refractivity contribution in [3.63, 3.8) is 0 Å². The fraction of sp³-hybridized carbons (Fsp3) is 0.273. The van der Waals surface area contributed by atoms with Crippen LogP contribution in [0.1, 0.15) is 27.1 Å². The van der Waals surface area contributed by atoms with Gasteiger partial charge in [-0.1, -0.05) is 12.1 Å². The molecule has 0 atom stereocenters. The Morgan fingerprint density at radius 3 is 2.62 bits per heavy atom. The molecule has 0 amide bonds. The minimum Gasteiger partial charge on any atom is -0.465 e. The molecule has 0 aromatic heterocycles. The molecule has 0 saturated carbocycles. The highest BCUT2D eigenvalue weighted by Crippen LogP contribution is 2.19. The van der Waals surface area contributed by atoms with Crippen LogP contribution in [-0.2, 0) is 4.74 Å². The second-order valence-corrected chi connectivity index (χ2v) is 3.22. The van der Waals surface area contributed by atoms with Crippen LogP contribution in [0.4, 0.5) is 5.69 Å². The summed E-state index contributed by atoms with van der Waals surface area (Å²) in [6.45, 7) is 0.230. The first-order chi connectivity index (χ1) is 7.61. The molecule has 0 bridgehead atoms. The second-order valence-electron chi connectivity index (χ2n) is 3.22. The van der Waals surface area contributed by atoms with Gasteiger partial charge >= 0.3 is 5.97 Å². The van der Waals surface area contributed by atoms with Crippen LogP contribution in [0.15, 0.2) is 18.2 Å². The van der Waals surface area contributed by atoms with E-state index in [0.29, 0.717) is 0 Å². The normalized spacial score (nSPS) is 9.88. The van der Waals surface area contributed by atoms with E-state index in [0.717, 1.165) is 0 Å². The van der Waals surface area contributed by atoms with Crippen LogP contribution in [0.2, 0.25) is 0 Å². The van der Waals surface area contributed by atoms with Gasteiger partial charge in [0.15, 0.2) is 5.78 Å². The lowest BCUT2D eigenvalue weighted by atomic mass is 10.00. The number of esters is 1. The molecule has 0 radical (unpaired) electrons. The number of Topliss-reactive ketones (excluding diaryl/α,β-unsaturated/α-hetero) is 1. The Morgan fingerprint density at radius 2 is 2.06 bits per heavy atom. The quantitative estimate of drug-likeness (QED) is 0.441. The lowest BCUT2D eigenvalue weighted by molar-refractivity contribution is 0.0598. The first-order valence-electron chi connectivity index (χ1n) is 4.82. The molecule has 1 aromatic rings. The molecule has 0 heterocycles. The molecule has 5 nitrogen and oxygen atoms in total. The maximum atomic E-state index is 11.7. The number of rotatable bonds is 4. The van der Waals surface area contributed by atoms with Gasteiger partial charge in [0.25, 0.3) is 0 Å². The van der Waals surface area contributed by atoms with E-state index < -0.39 is 5.97 Å². The van der Waals surface area contributed by atoms with Crippen molar-refractivity contribution in [3.8, 4) is 0 Å². The van der Waals surface area contributed by atoms with E-state index in [4.69, 9.17) is 11.5 Å². The Hall–Kier alpha value is -1.88. The number of hydrogen-bond acceptors (Lipinski definition) is 5. The van der Waals surface area contributed by atoms with E-state index in [1.54, 1.807) is 18.2 Å². The maximum absolute atomic E-state index is 11.7. The summed E-state index contributed by atoms with van der Waals surface area (Å²) in [6, 6.07) is 4.71. The molecule has 0 aliphatic carbocycles. The van der Waals surface area contributed by atoms with Gasteiger partial charge in [-0.15, -0.1) is 0 Å². The fourth-order valence-corrected chi connectivity index (χ4v) is 1.40. The predicted octanol–water partition coefficient (Wildman–Crippen LogP) is 0.587. The molecule has 0 aliphatic rings. The molecule has 16 heavy (non-hydrogen) atoms. The monoisotopic (exact) mass is 222 g/mol. The van der Waals surface area contributed by atoms with Crippen LogP contribution in [0, 0.1) is 0 Å². The number of ether oxygens (including phenoxy) is 1. The minimum absolute atomic E-state index is 0.114. The summed E-state index contributed by atoms with van der Waals surface area (Å²) in [6.07, 6.45) is 0.174. The van der Waals surface area contributed by atoms with Crippen LogP contribution in [0.5, 0.6) is 0 Å². The molecule has 0 spiro atoms. The van der Waals surface area contributed by atoms with E-state index >= 15 is 0 Å². The predicted molar refractivity (Wildman–Crippen MR) is 60.2 cm³/mol. The number of nitrogen functional groups attached to an aromatic ring is 1. The van der Waals surface area contributed by atoms with Crippen LogP contribution in [-0.4, -0.2) is 25.4 Å². The van der Waals surface area contributed by atoms with E-state index in [9.17, 15) is 9.59 Å². The molecule has 1 rings (SSSR count). The van der Waals surface area contributed by atoms with Crippen LogP contribution in [0.25, 0.3) is 0 Å². The Kier molecular flexibility index (Phi) is 4.02.